The van der Waals surface area contributed by atoms with Gasteiger partial charge in [0.15, 0.2) is 6.61 Å². The Kier molecular flexibility index (Phi) is 10.8. The predicted octanol–water partition coefficient (Wildman–Crippen LogP) is 5.89. The zero-order valence-corrected chi connectivity index (χ0v) is 30.8. The van der Waals surface area contributed by atoms with Crippen LogP contribution in [-0.4, -0.2) is 85.1 Å². The molecule has 1 amide bonds. The van der Waals surface area contributed by atoms with E-state index in [4.69, 9.17) is 9.26 Å². The first-order valence-corrected chi connectivity index (χ1v) is 19.0. The topological polar surface area (TPSA) is 177 Å². The summed E-state index contributed by atoms with van der Waals surface area (Å²) in [4.78, 5) is 35.9. The van der Waals surface area contributed by atoms with Gasteiger partial charge >= 0.3 is 6.09 Å². The summed E-state index contributed by atoms with van der Waals surface area (Å²) in [6.45, 7) is 3.75. The number of rotatable bonds is 14. The van der Waals surface area contributed by atoms with E-state index in [0.717, 1.165) is 61.2 Å². The number of pyridine rings is 1. The van der Waals surface area contributed by atoms with Gasteiger partial charge in [0.2, 0.25) is 11.4 Å². The highest BCUT2D eigenvalue weighted by Crippen LogP contribution is 2.39. The molecular weight excluding hydrogens is 713 g/mol. The van der Waals surface area contributed by atoms with Crippen LogP contribution in [0.3, 0.4) is 0 Å². The average Bonchev–Trinajstić information content (AvgIpc) is 3.71. The highest BCUT2D eigenvalue weighted by molar-refractivity contribution is 5.87. The number of benzene rings is 4. The minimum Gasteiger partial charge on any atom is -0.506 e. The normalized spacial score (nSPS) is 18.8. The van der Waals surface area contributed by atoms with Gasteiger partial charge in [-0.15, -0.1) is 0 Å². The Morgan fingerprint density at radius 2 is 1.77 bits per heavy atom. The number of phenolic OH excluding ortho intramolecular Hbond substituents is 1. The molecule has 0 radical (unpaired) electrons. The Morgan fingerprint density at radius 3 is 2.52 bits per heavy atom. The number of hydrogen-bond acceptors (Lipinski definition) is 10. The lowest BCUT2D eigenvalue weighted by Gasteiger charge is -2.50. The zero-order valence-electron chi connectivity index (χ0n) is 30.8. The van der Waals surface area contributed by atoms with Crippen molar-refractivity contribution in [3.05, 3.63) is 142 Å². The number of aromatic amines is 1. The molecular formula is C43H44N6O7. The van der Waals surface area contributed by atoms with Crippen molar-refractivity contribution in [3.63, 3.8) is 0 Å². The fraction of sp³-hybridized carbons (Fsp3) is 0.302. The maximum atomic E-state index is 13.0. The number of fused-ring (bicyclic) bond motifs is 4. The number of aliphatic hydroxyl groups excluding tert-OH is 1. The summed E-state index contributed by atoms with van der Waals surface area (Å²) in [6.07, 6.45) is 0.973. The molecule has 0 spiro atoms. The molecule has 2 aromatic heterocycles. The van der Waals surface area contributed by atoms with Gasteiger partial charge < -0.3 is 39.8 Å². The number of phenols is 1. The van der Waals surface area contributed by atoms with Crippen LogP contribution in [0.25, 0.3) is 22.3 Å². The van der Waals surface area contributed by atoms with Crippen LogP contribution < -0.4 is 15.6 Å². The molecule has 5 heterocycles. The second kappa shape index (κ2) is 16.4. The van der Waals surface area contributed by atoms with Crippen molar-refractivity contribution >= 4 is 17.0 Å². The summed E-state index contributed by atoms with van der Waals surface area (Å²) >= 11 is 0. The first kappa shape index (κ1) is 36.9. The van der Waals surface area contributed by atoms with Gasteiger partial charge in [-0.05, 0) is 91.3 Å². The van der Waals surface area contributed by atoms with E-state index < -0.39 is 18.2 Å². The Balaban J connectivity index is 0.877. The fourth-order valence-corrected chi connectivity index (χ4v) is 8.14. The molecule has 4 aromatic carbocycles. The maximum absolute atomic E-state index is 13.0. The molecule has 0 aliphatic carbocycles. The summed E-state index contributed by atoms with van der Waals surface area (Å²) in [5.41, 5.74) is 4.20. The second-order valence-corrected chi connectivity index (χ2v) is 14.5. The highest BCUT2D eigenvalue weighted by Gasteiger charge is 2.43. The number of nitrogens with one attached hydrogen (secondary N) is 2. The van der Waals surface area contributed by atoms with Crippen molar-refractivity contribution in [2.75, 3.05) is 32.7 Å². The van der Waals surface area contributed by atoms with E-state index in [1.54, 1.807) is 17.0 Å². The molecule has 6 aromatic rings. The van der Waals surface area contributed by atoms with Gasteiger partial charge in [-0.1, -0.05) is 78.0 Å². The van der Waals surface area contributed by atoms with E-state index in [9.17, 15) is 24.9 Å². The quantitative estimate of drug-likeness (QED) is 0.0838. The number of carboxylic acid groups (broad SMARTS) is 1. The molecule has 2 bridgehead atoms. The van der Waals surface area contributed by atoms with Crippen LogP contribution in [-0.2, 0) is 13.0 Å². The Hall–Kier alpha value is -6.02. The number of aliphatic hydroxyl groups is 1. The molecule has 3 fully saturated rings. The van der Waals surface area contributed by atoms with Crippen molar-refractivity contribution in [1.29, 1.82) is 0 Å². The minimum atomic E-state index is -0.927. The van der Waals surface area contributed by atoms with Gasteiger partial charge in [-0.3, -0.25) is 9.69 Å². The molecule has 288 valence electrons. The number of H-pyrrole nitrogens is 1. The predicted molar refractivity (Wildman–Crippen MR) is 209 cm³/mol. The summed E-state index contributed by atoms with van der Waals surface area (Å²) in [5, 5.41) is 39.6. The van der Waals surface area contributed by atoms with Crippen LogP contribution in [0.5, 0.6) is 11.5 Å². The number of piperidine rings is 3. The van der Waals surface area contributed by atoms with Crippen LogP contribution in [0.1, 0.15) is 53.1 Å². The molecule has 3 atom stereocenters. The number of ether oxygens (including phenoxy) is 1. The number of amides is 1. The van der Waals surface area contributed by atoms with E-state index in [-0.39, 0.29) is 24.0 Å². The molecule has 56 heavy (non-hydrogen) atoms. The molecule has 9 rings (SSSR count). The molecule has 13 heteroatoms. The van der Waals surface area contributed by atoms with E-state index in [1.165, 1.54) is 12.1 Å². The van der Waals surface area contributed by atoms with Crippen molar-refractivity contribution in [2.45, 2.75) is 44.1 Å². The molecule has 3 aliphatic rings. The standard InChI is InChI=1S/C43H44N6O7/c50-36-15-13-33(34-14-16-38(52)45-40(34)36)37(51)24-44-20-17-27-9-11-30(12-10-27)42-46-39(56-47-42)26-55-32-8-4-7-31(23-32)41(29-5-2-1-3-6-29)49(43(53)54)35-25-48-21-18-28(35)19-22-48/h1-16,23,28,35,37,41,44,50-51H,17-22,24-26H2,(H,45,52)(H,53,54). The summed E-state index contributed by atoms with van der Waals surface area (Å²) < 4.78 is 11.7. The van der Waals surface area contributed by atoms with E-state index in [1.807, 2.05) is 78.9 Å². The van der Waals surface area contributed by atoms with Crippen LogP contribution in [0, 0.1) is 5.92 Å². The summed E-state index contributed by atoms with van der Waals surface area (Å²) in [6, 6.07) is 30.7. The largest absolute Gasteiger partial charge is 0.506 e. The molecule has 13 nitrogen and oxygen atoms in total. The Labute approximate surface area is 323 Å². The third-order valence-electron chi connectivity index (χ3n) is 11.0. The summed E-state index contributed by atoms with van der Waals surface area (Å²) in [7, 11) is 0. The molecule has 3 saturated heterocycles. The molecule has 0 saturated carbocycles. The Morgan fingerprint density at radius 1 is 0.982 bits per heavy atom. The minimum absolute atomic E-state index is 0.0439. The lowest BCUT2D eigenvalue weighted by atomic mass is 9.81. The number of nitrogens with zero attached hydrogens (tertiary/aromatic N) is 4. The van der Waals surface area contributed by atoms with E-state index in [0.29, 0.717) is 52.9 Å². The van der Waals surface area contributed by atoms with Crippen molar-refractivity contribution in [2.24, 2.45) is 5.92 Å². The van der Waals surface area contributed by atoms with Gasteiger partial charge in [-0.25, -0.2) is 4.79 Å². The van der Waals surface area contributed by atoms with Gasteiger partial charge in [0.05, 0.1) is 23.7 Å². The molecule has 3 aliphatic heterocycles. The van der Waals surface area contributed by atoms with Crippen molar-refractivity contribution in [3.8, 4) is 22.9 Å². The highest BCUT2D eigenvalue weighted by atomic mass is 16.5. The first-order valence-electron chi connectivity index (χ1n) is 19.0. The SMILES string of the molecule is O=C(O)N(C(c1ccccc1)c1cccc(OCc2nc(-c3ccc(CCNCC(O)c4ccc(O)c5[nH]c(=O)ccc45)cc3)no2)c1)C1CN2CCC1CC2. The van der Waals surface area contributed by atoms with Crippen molar-refractivity contribution < 1.29 is 29.4 Å². The lowest BCUT2D eigenvalue weighted by molar-refractivity contribution is -0.000814. The average molecular weight is 757 g/mol. The third-order valence-corrected chi connectivity index (χ3v) is 11.0. The number of carbonyl (C=O) groups is 1. The van der Waals surface area contributed by atoms with Crippen LogP contribution in [0.2, 0.25) is 0 Å². The number of aromatic hydroxyl groups is 1. The molecule has 5 N–H and O–H groups in total. The first-order chi connectivity index (χ1) is 27.3. The second-order valence-electron chi connectivity index (χ2n) is 14.5. The fourth-order valence-electron chi connectivity index (χ4n) is 8.14. The van der Waals surface area contributed by atoms with E-state index in [2.05, 4.69) is 25.3 Å². The zero-order chi connectivity index (χ0) is 38.6. The van der Waals surface area contributed by atoms with Gasteiger partial charge in [-0.2, -0.15) is 4.98 Å². The van der Waals surface area contributed by atoms with Crippen LogP contribution in [0.15, 0.2) is 112 Å². The van der Waals surface area contributed by atoms with Crippen molar-refractivity contribution in [1.82, 2.24) is 30.2 Å². The monoisotopic (exact) mass is 756 g/mol. The number of hydrogen-bond donors (Lipinski definition) is 5. The van der Waals surface area contributed by atoms with Gasteiger partial charge in [0.1, 0.15) is 11.5 Å². The van der Waals surface area contributed by atoms with Gasteiger partial charge in [0, 0.05) is 30.1 Å². The van der Waals surface area contributed by atoms with Gasteiger partial charge in [0.25, 0.3) is 5.89 Å². The summed E-state index contributed by atoms with van der Waals surface area (Å²) in [5.74, 6) is 1.61. The molecule has 3 unspecified atom stereocenters. The van der Waals surface area contributed by atoms with Crippen LogP contribution in [0.4, 0.5) is 4.79 Å². The smallest absolute Gasteiger partial charge is 0.408 e. The lowest BCUT2D eigenvalue weighted by Crippen LogP contribution is -2.59. The number of aromatic nitrogens is 3. The van der Waals surface area contributed by atoms with Crippen LogP contribution >= 0.6 is 0 Å². The Bertz CT molecular complexity index is 2340. The van der Waals surface area contributed by atoms with E-state index >= 15 is 0 Å². The maximum Gasteiger partial charge on any atom is 0.408 e. The third kappa shape index (κ3) is 8.01.